The summed E-state index contributed by atoms with van der Waals surface area (Å²) in [5.74, 6) is 0.444. The third-order valence-electron chi connectivity index (χ3n) is 9.97. The molecule has 3 aliphatic heterocycles. The first-order chi connectivity index (χ1) is 24.8. The van der Waals surface area contributed by atoms with Gasteiger partial charge in [-0.25, -0.2) is 28.0 Å². The molecule has 1 amide bonds. The maximum absolute atomic E-state index is 17.3. The van der Waals surface area contributed by atoms with Gasteiger partial charge in [0, 0.05) is 37.0 Å². The van der Waals surface area contributed by atoms with Crippen molar-refractivity contribution in [3.8, 4) is 41.2 Å². The van der Waals surface area contributed by atoms with Crippen molar-refractivity contribution in [3.05, 3.63) is 41.5 Å². The fraction of sp³-hybridized carbons (Fsp3) is 0.474. The molecule has 3 fully saturated rings. The summed E-state index contributed by atoms with van der Waals surface area (Å²) in [5, 5.41) is 14.3. The molecule has 274 valence electrons. The maximum atomic E-state index is 17.3. The normalized spacial score (nSPS) is 20.9. The number of phenolic OH excluding ortho intramolecular Hbond substituents is 1. The largest absolute Gasteiger partial charge is 0.508 e. The molecule has 11 nitrogen and oxygen atoms in total. The number of halogens is 3. The Kier molecular flexibility index (Phi) is 9.19. The number of nitrogens with zero attached hydrogens (tertiary/aromatic N) is 6. The van der Waals surface area contributed by atoms with Gasteiger partial charge in [-0.2, -0.15) is 9.97 Å². The number of benzene rings is 2. The number of aromatic hydroxyl groups is 1. The molecule has 2 aromatic heterocycles. The van der Waals surface area contributed by atoms with Crippen LogP contribution in [0.25, 0.3) is 32.9 Å². The van der Waals surface area contributed by atoms with Gasteiger partial charge in [0.05, 0.1) is 18.2 Å². The van der Waals surface area contributed by atoms with Crippen LogP contribution in [0.2, 0.25) is 0 Å². The van der Waals surface area contributed by atoms with Gasteiger partial charge < -0.3 is 19.3 Å². The molecule has 2 aromatic carbocycles. The van der Waals surface area contributed by atoms with Crippen LogP contribution in [0.1, 0.15) is 64.9 Å². The fourth-order valence-electron chi connectivity index (χ4n) is 7.75. The Hall–Kier alpha value is -5.03. The molecule has 0 aliphatic carbocycles. The van der Waals surface area contributed by atoms with Crippen LogP contribution in [0.15, 0.2) is 24.3 Å². The number of fused-ring (bicyclic) bond motifs is 3. The maximum Gasteiger partial charge on any atom is 0.429 e. The number of pyridine rings is 1. The Balaban J connectivity index is 1.46. The van der Waals surface area contributed by atoms with Crippen LogP contribution in [-0.2, 0) is 4.74 Å². The molecule has 3 aliphatic rings. The van der Waals surface area contributed by atoms with Crippen LogP contribution in [-0.4, -0.2) is 93.3 Å². The van der Waals surface area contributed by atoms with Gasteiger partial charge in [0.1, 0.15) is 46.5 Å². The van der Waals surface area contributed by atoms with Crippen molar-refractivity contribution in [3.63, 3.8) is 0 Å². The van der Waals surface area contributed by atoms with Gasteiger partial charge in [-0.1, -0.05) is 12.0 Å². The summed E-state index contributed by atoms with van der Waals surface area (Å²) in [5.41, 5.74) is -2.08. The second-order valence-corrected chi connectivity index (χ2v) is 14.6. The zero-order chi connectivity index (χ0) is 36.9. The Labute approximate surface area is 299 Å². The van der Waals surface area contributed by atoms with Crippen LogP contribution >= 0.6 is 0 Å². The number of methoxy groups -OCH3 is 1. The number of anilines is 1. The molecular weight excluding hydrogens is 677 g/mol. The van der Waals surface area contributed by atoms with Crippen molar-refractivity contribution < 1.29 is 37.3 Å². The molecule has 0 saturated carbocycles. The molecule has 3 saturated heterocycles. The molecule has 1 N–H and O–H groups in total. The van der Waals surface area contributed by atoms with Crippen LogP contribution in [0.5, 0.6) is 17.6 Å². The summed E-state index contributed by atoms with van der Waals surface area (Å²) in [7, 11) is 1.35. The van der Waals surface area contributed by atoms with E-state index in [9.17, 15) is 14.3 Å². The van der Waals surface area contributed by atoms with Gasteiger partial charge in [-0.05, 0) is 83.0 Å². The number of alkyl halides is 1. The number of rotatable bonds is 6. The highest BCUT2D eigenvalue weighted by molar-refractivity contribution is 6.04. The Morgan fingerprint density at radius 1 is 1.08 bits per heavy atom. The van der Waals surface area contributed by atoms with E-state index in [1.165, 1.54) is 36.4 Å². The minimum Gasteiger partial charge on any atom is -0.508 e. The number of carbonyl (C=O) groups excluding carboxylic acids is 1. The molecule has 2 atom stereocenters. The summed E-state index contributed by atoms with van der Waals surface area (Å²) >= 11 is 0. The van der Waals surface area contributed by atoms with Crippen molar-refractivity contribution >= 4 is 33.6 Å². The molecule has 7 rings (SSSR count). The highest BCUT2D eigenvalue weighted by Gasteiger charge is 2.49. The second-order valence-electron chi connectivity index (χ2n) is 14.6. The van der Waals surface area contributed by atoms with Crippen molar-refractivity contribution in [2.24, 2.45) is 0 Å². The number of ether oxygens (including phenoxy) is 3. The predicted octanol–water partition coefficient (Wildman–Crippen LogP) is 6.92. The van der Waals surface area contributed by atoms with Crippen molar-refractivity contribution in [2.75, 3.05) is 44.9 Å². The quantitative estimate of drug-likeness (QED) is 0.211. The summed E-state index contributed by atoms with van der Waals surface area (Å²) in [6.07, 6.45) is 8.16. The van der Waals surface area contributed by atoms with Gasteiger partial charge in [-0.3, -0.25) is 9.91 Å². The SMILES string of the molecule is C#Cc1c(F)ccc2cc(O)cc(-c3nc(OC)c4c(N5CCCCCN5C(=O)OC(C)(C)C)nc(OC[C@@]56CCCN5C[C@H](F)C6)nc4c3F)c12. The lowest BCUT2D eigenvalue weighted by atomic mass is 9.95. The second kappa shape index (κ2) is 13.5. The zero-order valence-electron chi connectivity index (χ0n) is 29.6. The molecule has 0 unspecified atom stereocenters. The lowest BCUT2D eigenvalue weighted by Gasteiger charge is -2.36. The van der Waals surface area contributed by atoms with E-state index >= 15 is 8.78 Å². The minimum atomic E-state index is -0.998. The lowest BCUT2D eigenvalue weighted by molar-refractivity contribution is 0.0232. The Morgan fingerprint density at radius 3 is 2.62 bits per heavy atom. The number of terminal acetylenes is 1. The minimum absolute atomic E-state index is 0.00774. The summed E-state index contributed by atoms with van der Waals surface area (Å²) in [6.45, 7) is 7.01. The molecule has 0 bridgehead atoms. The van der Waals surface area contributed by atoms with Gasteiger partial charge in [0.15, 0.2) is 11.6 Å². The summed E-state index contributed by atoms with van der Waals surface area (Å²) in [4.78, 5) is 29.6. The number of aromatic nitrogens is 3. The summed E-state index contributed by atoms with van der Waals surface area (Å²) in [6, 6.07) is 5.04. The van der Waals surface area contributed by atoms with Crippen molar-refractivity contribution in [1.29, 1.82) is 0 Å². The van der Waals surface area contributed by atoms with E-state index < -0.39 is 35.0 Å². The molecular formula is C38H41F3N6O5. The predicted molar refractivity (Wildman–Crippen MR) is 189 cm³/mol. The summed E-state index contributed by atoms with van der Waals surface area (Å²) < 4.78 is 64.8. The number of carbonyl (C=O) groups is 1. The first-order valence-electron chi connectivity index (χ1n) is 17.5. The number of amides is 1. The average molecular weight is 719 g/mol. The van der Waals surface area contributed by atoms with Crippen LogP contribution < -0.4 is 14.5 Å². The molecule has 0 radical (unpaired) electrons. The van der Waals surface area contributed by atoms with E-state index in [0.29, 0.717) is 44.3 Å². The van der Waals surface area contributed by atoms with E-state index in [1.54, 1.807) is 25.8 Å². The molecule has 52 heavy (non-hydrogen) atoms. The monoisotopic (exact) mass is 718 g/mol. The molecule has 4 aromatic rings. The first kappa shape index (κ1) is 35.4. The van der Waals surface area contributed by atoms with Gasteiger partial charge in [-0.15, -0.1) is 6.42 Å². The number of hydrazine groups is 1. The topological polar surface area (TPSA) is 113 Å². The van der Waals surface area contributed by atoms with E-state index in [0.717, 1.165) is 25.8 Å². The van der Waals surface area contributed by atoms with E-state index in [-0.39, 0.29) is 63.2 Å². The number of hydrogen-bond donors (Lipinski definition) is 1. The third kappa shape index (κ3) is 6.35. The zero-order valence-corrected chi connectivity index (χ0v) is 29.6. The highest BCUT2D eigenvalue weighted by atomic mass is 19.1. The van der Waals surface area contributed by atoms with Crippen LogP contribution in [0.3, 0.4) is 0 Å². The van der Waals surface area contributed by atoms with Crippen LogP contribution in [0, 0.1) is 24.0 Å². The van der Waals surface area contributed by atoms with Gasteiger partial charge in [0.25, 0.3) is 0 Å². The van der Waals surface area contributed by atoms with E-state index in [4.69, 9.17) is 25.6 Å². The lowest BCUT2D eigenvalue weighted by Crippen LogP contribution is -2.49. The smallest absolute Gasteiger partial charge is 0.429 e. The molecule has 0 spiro atoms. The van der Waals surface area contributed by atoms with Crippen LogP contribution in [0.4, 0.5) is 23.8 Å². The Bertz CT molecular complexity index is 2100. The average Bonchev–Trinajstić information content (AvgIpc) is 3.50. The van der Waals surface area contributed by atoms with Gasteiger partial charge in [0.2, 0.25) is 5.88 Å². The fourth-order valence-corrected chi connectivity index (χ4v) is 7.75. The van der Waals surface area contributed by atoms with Gasteiger partial charge >= 0.3 is 12.1 Å². The van der Waals surface area contributed by atoms with Crippen molar-refractivity contribution in [1.82, 2.24) is 24.9 Å². The highest BCUT2D eigenvalue weighted by Crippen LogP contribution is 2.44. The molecule has 14 heteroatoms. The van der Waals surface area contributed by atoms with E-state index in [2.05, 4.69) is 20.8 Å². The number of hydrogen-bond acceptors (Lipinski definition) is 10. The van der Waals surface area contributed by atoms with Crippen molar-refractivity contribution in [2.45, 2.75) is 76.6 Å². The van der Waals surface area contributed by atoms with E-state index in [1.807, 2.05) is 0 Å². The standard InChI is InChI=1S/C38H41F3N6O5/c1-6-25-27(40)12-11-22-17-24(48)18-26(28(22)25)31-30(41)32-29(34(42-31)50-5)33(46-15-8-7-9-16-47(46)36(49)52-37(2,3)4)44-35(43-32)51-21-38-13-10-14-45(38)20-23(39)19-38/h1,11-12,17-18,23,48H,7-10,13-16,19-21H2,2-5H3/t23-,38+/m1/s1. The third-order valence-corrected chi connectivity index (χ3v) is 9.97. The first-order valence-corrected chi connectivity index (χ1v) is 17.5. The number of phenols is 1. The Morgan fingerprint density at radius 2 is 1.87 bits per heavy atom. The molecule has 5 heterocycles.